The summed E-state index contributed by atoms with van der Waals surface area (Å²) in [5.41, 5.74) is 2.76. The summed E-state index contributed by atoms with van der Waals surface area (Å²) in [4.78, 5) is 27.6. The first kappa shape index (κ1) is 24.1. The highest BCUT2D eigenvalue weighted by Gasteiger charge is 2.19. The molecule has 1 saturated heterocycles. The zero-order chi connectivity index (χ0) is 24.9. The minimum absolute atomic E-state index is 0.0954. The molecule has 0 saturated carbocycles. The molecule has 10 heteroatoms. The maximum atomic E-state index is 13.5. The number of ketones is 1. The molecular formula is C25H26F2N6O2. The van der Waals surface area contributed by atoms with E-state index in [4.69, 9.17) is 0 Å². The van der Waals surface area contributed by atoms with Crippen LogP contribution >= 0.6 is 0 Å². The molecule has 182 valence electrons. The van der Waals surface area contributed by atoms with Crippen molar-refractivity contribution in [3.8, 4) is 0 Å². The van der Waals surface area contributed by atoms with Crippen molar-refractivity contribution in [3.05, 3.63) is 71.4 Å². The Kier molecular flexibility index (Phi) is 7.19. The van der Waals surface area contributed by atoms with Gasteiger partial charge < -0.3 is 20.4 Å². The van der Waals surface area contributed by atoms with Crippen LogP contribution in [0.15, 0.2) is 48.5 Å². The van der Waals surface area contributed by atoms with E-state index in [1.807, 2.05) is 29.2 Å². The lowest BCUT2D eigenvalue weighted by Crippen LogP contribution is -2.48. The lowest BCUT2D eigenvalue weighted by Gasteiger charge is -2.35. The fourth-order valence-electron chi connectivity index (χ4n) is 3.94. The van der Waals surface area contributed by atoms with Crippen molar-refractivity contribution in [3.63, 3.8) is 0 Å². The molecule has 1 aromatic heterocycles. The summed E-state index contributed by atoms with van der Waals surface area (Å²) in [6.07, 6.45) is 0. The molecule has 8 nitrogen and oxygen atoms in total. The van der Waals surface area contributed by atoms with E-state index in [1.165, 1.54) is 19.1 Å². The van der Waals surface area contributed by atoms with Gasteiger partial charge in [0, 0.05) is 70.1 Å². The van der Waals surface area contributed by atoms with Gasteiger partial charge in [-0.05, 0) is 42.0 Å². The Morgan fingerprint density at radius 3 is 2.17 bits per heavy atom. The van der Waals surface area contributed by atoms with Crippen LogP contribution in [0.1, 0.15) is 29.9 Å². The van der Waals surface area contributed by atoms with Gasteiger partial charge in [0.15, 0.2) is 17.3 Å². The number of halogens is 2. The summed E-state index contributed by atoms with van der Waals surface area (Å²) in [6, 6.07) is 12.7. The number of nitrogens with zero attached hydrogens (tertiary/aromatic N) is 4. The van der Waals surface area contributed by atoms with Gasteiger partial charge in [-0.2, -0.15) is 0 Å². The molecule has 0 atom stereocenters. The van der Waals surface area contributed by atoms with Crippen molar-refractivity contribution in [1.82, 2.24) is 15.1 Å². The van der Waals surface area contributed by atoms with E-state index >= 15 is 0 Å². The third kappa shape index (κ3) is 6.08. The van der Waals surface area contributed by atoms with E-state index in [0.29, 0.717) is 30.2 Å². The summed E-state index contributed by atoms with van der Waals surface area (Å²) in [7, 11) is 0. The molecule has 35 heavy (non-hydrogen) atoms. The van der Waals surface area contributed by atoms with Gasteiger partial charge in [-0.25, -0.2) is 8.78 Å². The highest BCUT2D eigenvalue weighted by atomic mass is 19.1. The lowest BCUT2D eigenvalue weighted by atomic mass is 10.2. The van der Waals surface area contributed by atoms with Crippen LogP contribution in [0, 0.1) is 11.6 Å². The Morgan fingerprint density at radius 1 is 0.914 bits per heavy atom. The fraction of sp³-hybridized carbons (Fsp3) is 0.280. The number of benzene rings is 2. The SMILES string of the molecule is CC(=O)c1nnc(Nc2ccc(N3CCN(C(C)=O)CC3)cc2)cc1NCc1cc(F)cc(F)c1. The predicted octanol–water partition coefficient (Wildman–Crippen LogP) is 3.98. The molecule has 0 aliphatic carbocycles. The molecule has 0 bridgehead atoms. The van der Waals surface area contributed by atoms with Crippen molar-refractivity contribution in [2.45, 2.75) is 20.4 Å². The topological polar surface area (TPSA) is 90.5 Å². The standard InChI is InChI=1S/C25H26F2N6O2/c1-16(34)25-23(28-15-18-11-19(26)13-20(27)12-18)14-24(30-31-25)29-21-3-5-22(6-4-21)33-9-7-32(8-10-33)17(2)35/h3-6,11-14H,7-10,15H2,1-2H3,(H2,28,29,30). The van der Waals surface area contributed by atoms with Gasteiger partial charge in [0.05, 0.1) is 5.69 Å². The van der Waals surface area contributed by atoms with Gasteiger partial charge in [0.25, 0.3) is 0 Å². The number of hydrogen-bond acceptors (Lipinski definition) is 7. The fourth-order valence-corrected chi connectivity index (χ4v) is 3.94. The van der Waals surface area contributed by atoms with Crippen LogP contribution < -0.4 is 15.5 Å². The monoisotopic (exact) mass is 480 g/mol. The second kappa shape index (κ2) is 10.5. The van der Waals surface area contributed by atoms with E-state index in [-0.39, 0.29) is 23.9 Å². The second-order valence-corrected chi connectivity index (χ2v) is 8.34. The van der Waals surface area contributed by atoms with E-state index in [9.17, 15) is 18.4 Å². The van der Waals surface area contributed by atoms with Gasteiger partial charge in [0.2, 0.25) is 5.91 Å². The molecular weight excluding hydrogens is 454 g/mol. The zero-order valence-corrected chi connectivity index (χ0v) is 19.5. The molecule has 3 aromatic rings. The second-order valence-electron chi connectivity index (χ2n) is 8.34. The molecule has 2 aromatic carbocycles. The minimum atomic E-state index is -0.673. The third-order valence-corrected chi connectivity index (χ3v) is 5.76. The third-order valence-electron chi connectivity index (χ3n) is 5.76. The minimum Gasteiger partial charge on any atom is -0.379 e. The lowest BCUT2D eigenvalue weighted by molar-refractivity contribution is -0.129. The van der Waals surface area contributed by atoms with Gasteiger partial charge in [0.1, 0.15) is 11.6 Å². The van der Waals surface area contributed by atoms with Crippen molar-refractivity contribution in [2.75, 3.05) is 41.7 Å². The van der Waals surface area contributed by atoms with E-state index in [1.54, 1.807) is 13.0 Å². The van der Waals surface area contributed by atoms with Gasteiger partial charge in [-0.1, -0.05) is 0 Å². The van der Waals surface area contributed by atoms with E-state index in [0.717, 1.165) is 30.5 Å². The van der Waals surface area contributed by atoms with Gasteiger partial charge >= 0.3 is 0 Å². The van der Waals surface area contributed by atoms with Crippen LogP contribution in [0.2, 0.25) is 0 Å². The van der Waals surface area contributed by atoms with Gasteiger partial charge in [-0.3, -0.25) is 9.59 Å². The molecule has 2 N–H and O–H groups in total. The maximum absolute atomic E-state index is 13.5. The molecule has 4 rings (SSSR count). The molecule has 0 unspecified atom stereocenters. The number of amides is 1. The number of anilines is 4. The van der Waals surface area contributed by atoms with Gasteiger partial charge in [-0.15, -0.1) is 10.2 Å². The Hall–Kier alpha value is -4.08. The average molecular weight is 481 g/mol. The van der Waals surface area contributed by atoms with Crippen LogP contribution in [0.25, 0.3) is 0 Å². The maximum Gasteiger partial charge on any atom is 0.219 e. The molecule has 1 amide bonds. The number of hydrogen-bond donors (Lipinski definition) is 2. The highest BCUT2D eigenvalue weighted by molar-refractivity contribution is 5.97. The first-order chi connectivity index (χ1) is 16.8. The van der Waals surface area contributed by atoms with Crippen LogP contribution in [0.4, 0.5) is 31.7 Å². The molecule has 1 aliphatic heterocycles. The number of carbonyl (C=O) groups is 2. The van der Waals surface area contributed by atoms with Crippen molar-refractivity contribution >= 4 is 34.6 Å². The van der Waals surface area contributed by atoms with Crippen LogP contribution in [0.5, 0.6) is 0 Å². The first-order valence-electron chi connectivity index (χ1n) is 11.2. The summed E-state index contributed by atoms with van der Waals surface area (Å²) in [6.45, 7) is 6.01. The Morgan fingerprint density at radius 2 is 1.57 bits per heavy atom. The smallest absolute Gasteiger partial charge is 0.219 e. The average Bonchev–Trinajstić information content (AvgIpc) is 2.83. The summed E-state index contributed by atoms with van der Waals surface area (Å²) < 4.78 is 27.0. The van der Waals surface area contributed by atoms with Crippen LogP contribution in [-0.2, 0) is 11.3 Å². The van der Waals surface area contributed by atoms with Crippen molar-refractivity contribution in [2.24, 2.45) is 0 Å². The number of nitrogens with one attached hydrogen (secondary N) is 2. The van der Waals surface area contributed by atoms with E-state index < -0.39 is 11.6 Å². The molecule has 1 aliphatic rings. The highest BCUT2D eigenvalue weighted by Crippen LogP contribution is 2.24. The Bertz CT molecular complexity index is 1210. The summed E-state index contributed by atoms with van der Waals surface area (Å²) in [5.74, 6) is -1.13. The Labute approximate surface area is 202 Å². The number of rotatable bonds is 7. The number of Topliss-reactive ketones (excluding diaryl/α,β-unsaturated/α-hetero) is 1. The van der Waals surface area contributed by atoms with Crippen LogP contribution in [0.3, 0.4) is 0 Å². The zero-order valence-electron chi connectivity index (χ0n) is 19.5. The number of carbonyl (C=O) groups excluding carboxylic acids is 2. The summed E-state index contributed by atoms with van der Waals surface area (Å²) in [5, 5.41) is 14.3. The van der Waals surface area contributed by atoms with Crippen LogP contribution in [-0.4, -0.2) is 53.0 Å². The number of aromatic nitrogens is 2. The normalized spacial score (nSPS) is 13.5. The Balaban J connectivity index is 1.44. The van der Waals surface area contributed by atoms with E-state index in [2.05, 4.69) is 25.7 Å². The molecule has 1 fully saturated rings. The largest absolute Gasteiger partial charge is 0.379 e. The quantitative estimate of drug-likeness (QED) is 0.495. The first-order valence-corrected chi connectivity index (χ1v) is 11.2. The number of piperazine rings is 1. The molecule has 0 radical (unpaired) electrons. The molecule has 2 heterocycles. The predicted molar refractivity (Wildman–Crippen MR) is 130 cm³/mol. The van der Waals surface area contributed by atoms with Crippen molar-refractivity contribution < 1.29 is 18.4 Å². The summed E-state index contributed by atoms with van der Waals surface area (Å²) >= 11 is 0. The van der Waals surface area contributed by atoms with Crippen molar-refractivity contribution in [1.29, 1.82) is 0 Å². The molecule has 0 spiro atoms.